The third-order valence-corrected chi connectivity index (χ3v) is 14.8. The van der Waals surface area contributed by atoms with E-state index < -0.39 is 32.5 Å². The molecule has 0 radical (unpaired) electrons. The summed E-state index contributed by atoms with van der Waals surface area (Å²) in [5.41, 5.74) is 0. The molecule has 0 aromatic heterocycles. The number of carbonyl (C=O) groups is 2. The Morgan fingerprint density at radius 2 is 0.713 bits per heavy atom. The van der Waals surface area contributed by atoms with Crippen LogP contribution in [0.2, 0.25) is 0 Å². The maximum Gasteiger partial charge on any atom is 0.306 e. The molecule has 0 N–H and O–H groups in total. The second-order valence-corrected chi connectivity index (χ2v) is 24.2. The Morgan fingerprint density at radius 1 is 0.400 bits per heavy atom. The molecule has 0 saturated heterocycles. The summed E-state index contributed by atoms with van der Waals surface area (Å²) in [4.78, 5) is 38.0. The normalized spacial score (nSPS) is 13.9. The van der Waals surface area contributed by atoms with Gasteiger partial charge in [-0.05, 0) is 83.5 Å². The Kier molecular flexibility index (Phi) is 57.8. The largest absolute Gasteiger partial charge is 0.756 e. The highest BCUT2D eigenvalue weighted by molar-refractivity contribution is 7.45. The van der Waals surface area contributed by atoms with Gasteiger partial charge >= 0.3 is 11.9 Å². The van der Waals surface area contributed by atoms with Crippen LogP contribution < -0.4 is 4.89 Å². The average molecular weight is 1140 g/mol. The van der Waals surface area contributed by atoms with Gasteiger partial charge < -0.3 is 27.9 Å². The molecular weight excluding hydrogens is 1010 g/mol. The van der Waals surface area contributed by atoms with Crippen molar-refractivity contribution in [3.8, 4) is 0 Å². The van der Waals surface area contributed by atoms with Gasteiger partial charge in [-0.25, -0.2) is 0 Å². The zero-order valence-electron chi connectivity index (χ0n) is 52.2. The summed E-state index contributed by atoms with van der Waals surface area (Å²) in [7, 11) is 1.14. The van der Waals surface area contributed by atoms with Crippen molar-refractivity contribution in [1.82, 2.24) is 0 Å². The molecule has 0 aromatic carbocycles. The minimum atomic E-state index is -4.66. The van der Waals surface area contributed by atoms with Crippen LogP contribution in [0.15, 0.2) is 109 Å². The first-order valence-corrected chi connectivity index (χ1v) is 34.1. The van der Waals surface area contributed by atoms with Gasteiger partial charge in [0, 0.05) is 12.8 Å². The summed E-state index contributed by atoms with van der Waals surface area (Å²) in [5, 5.41) is 0. The minimum absolute atomic E-state index is 0.0420. The Hall–Kier alpha value is -3.33. The molecule has 10 heteroatoms. The van der Waals surface area contributed by atoms with E-state index in [1.807, 2.05) is 21.1 Å². The molecule has 0 aliphatic heterocycles. The number of phosphoric acid groups is 1. The van der Waals surface area contributed by atoms with Crippen LogP contribution in [0.1, 0.15) is 271 Å². The van der Waals surface area contributed by atoms with Gasteiger partial charge in [0.15, 0.2) is 6.10 Å². The highest BCUT2D eigenvalue weighted by atomic mass is 31.2. The van der Waals surface area contributed by atoms with Crippen molar-refractivity contribution < 1.29 is 42.1 Å². The first-order valence-electron chi connectivity index (χ1n) is 32.6. The lowest BCUT2D eigenvalue weighted by Gasteiger charge is -2.28. The minimum Gasteiger partial charge on any atom is -0.756 e. The van der Waals surface area contributed by atoms with Crippen LogP contribution in [0, 0.1) is 0 Å². The van der Waals surface area contributed by atoms with E-state index in [0.717, 1.165) is 96.3 Å². The molecular formula is C70H122NO8P. The maximum absolute atomic E-state index is 12.8. The van der Waals surface area contributed by atoms with Crippen LogP contribution in [-0.4, -0.2) is 70.0 Å². The number of ether oxygens (including phenoxy) is 2. The smallest absolute Gasteiger partial charge is 0.306 e. The van der Waals surface area contributed by atoms with E-state index in [0.29, 0.717) is 17.4 Å². The lowest BCUT2D eigenvalue weighted by atomic mass is 10.0. The molecule has 0 rings (SSSR count). The van der Waals surface area contributed by atoms with E-state index in [1.165, 1.54) is 141 Å². The fraction of sp³-hybridized carbons (Fsp3) is 0.714. The molecule has 0 heterocycles. The van der Waals surface area contributed by atoms with E-state index in [4.69, 9.17) is 18.5 Å². The highest BCUT2D eigenvalue weighted by Crippen LogP contribution is 2.38. The number of allylic oxidation sites excluding steroid dienone is 18. The van der Waals surface area contributed by atoms with E-state index in [9.17, 15) is 19.0 Å². The summed E-state index contributed by atoms with van der Waals surface area (Å²) >= 11 is 0. The van der Waals surface area contributed by atoms with Crippen molar-refractivity contribution in [2.75, 3.05) is 47.5 Å². The predicted octanol–water partition coefficient (Wildman–Crippen LogP) is 20.3. The van der Waals surface area contributed by atoms with Gasteiger partial charge in [0.1, 0.15) is 19.8 Å². The van der Waals surface area contributed by atoms with E-state index in [1.54, 1.807) is 0 Å². The third kappa shape index (κ3) is 63.8. The number of carbonyl (C=O) groups excluding carboxylic acids is 2. The van der Waals surface area contributed by atoms with Gasteiger partial charge in [-0.15, -0.1) is 0 Å². The van der Waals surface area contributed by atoms with Crippen molar-refractivity contribution in [3.63, 3.8) is 0 Å². The molecule has 2 unspecified atom stereocenters. The molecule has 80 heavy (non-hydrogen) atoms. The zero-order chi connectivity index (χ0) is 58.4. The van der Waals surface area contributed by atoms with Crippen LogP contribution in [0.5, 0.6) is 0 Å². The van der Waals surface area contributed by atoms with Gasteiger partial charge in [-0.2, -0.15) is 0 Å². The number of rotatable bonds is 59. The molecule has 0 aliphatic rings. The van der Waals surface area contributed by atoms with Crippen molar-refractivity contribution in [3.05, 3.63) is 109 Å². The Bertz CT molecular complexity index is 1720. The fourth-order valence-electron chi connectivity index (χ4n) is 8.83. The number of likely N-dealkylation sites (N-methyl/N-ethyl adjacent to an activating group) is 1. The summed E-state index contributed by atoms with van der Waals surface area (Å²) in [5.74, 6) is -0.869. The van der Waals surface area contributed by atoms with Crippen LogP contribution in [0.3, 0.4) is 0 Å². The van der Waals surface area contributed by atoms with Crippen molar-refractivity contribution >= 4 is 19.8 Å². The molecule has 0 bridgehead atoms. The molecule has 0 spiro atoms. The second kappa shape index (κ2) is 60.3. The van der Waals surface area contributed by atoms with Gasteiger partial charge in [-0.3, -0.25) is 14.2 Å². The number of phosphoric ester groups is 1. The summed E-state index contributed by atoms with van der Waals surface area (Å²) in [6, 6.07) is 0. The lowest BCUT2D eigenvalue weighted by molar-refractivity contribution is -0.870. The van der Waals surface area contributed by atoms with Crippen molar-refractivity contribution in [2.45, 2.75) is 277 Å². The summed E-state index contributed by atoms with van der Waals surface area (Å²) in [6.07, 6.45) is 84.4. The SMILES string of the molecule is CC/C=C\C/C=C\C/C=C\C/C=C\C/C=C\C/C=C\C/C=C\C/C=C\C/C=C\CCCCCC(=O)OC(COC(=O)CCCCCCCCCCCCCCCCCCCCCCCCCCC)COP(=O)([O-])OCC[N+](C)(C)C. The zero-order valence-corrected chi connectivity index (χ0v) is 53.1. The molecule has 0 aliphatic carbocycles. The summed E-state index contributed by atoms with van der Waals surface area (Å²) in [6.45, 7) is 4.11. The Balaban J connectivity index is 4.20. The lowest BCUT2D eigenvalue weighted by Crippen LogP contribution is -2.37. The first kappa shape index (κ1) is 76.7. The molecule has 460 valence electrons. The molecule has 0 fully saturated rings. The van der Waals surface area contributed by atoms with Gasteiger partial charge in [0.05, 0.1) is 27.7 Å². The Labute approximate surface area is 493 Å². The van der Waals surface area contributed by atoms with Gasteiger partial charge in [0.25, 0.3) is 7.82 Å². The second-order valence-electron chi connectivity index (χ2n) is 22.8. The van der Waals surface area contributed by atoms with Crippen LogP contribution >= 0.6 is 7.82 Å². The first-order chi connectivity index (χ1) is 39.0. The topological polar surface area (TPSA) is 111 Å². The molecule has 2 atom stereocenters. The fourth-order valence-corrected chi connectivity index (χ4v) is 9.56. The van der Waals surface area contributed by atoms with Crippen LogP contribution in [0.4, 0.5) is 0 Å². The number of quaternary nitrogens is 1. The predicted molar refractivity (Wildman–Crippen MR) is 342 cm³/mol. The highest BCUT2D eigenvalue weighted by Gasteiger charge is 2.22. The molecule has 0 aromatic rings. The van der Waals surface area contributed by atoms with Crippen LogP contribution in [0.25, 0.3) is 0 Å². The standard InChI is InChI=1S/C70H122NO8P/c1-6-8-10-12-14-16-18-20-22-24-26-28-30-32-33-34-35-36-37-39-41-43-45-47-49-51-53-55-57-59-61-63-70(73)79-68(67-78-80(74,75)77-65-64-71(3,4)5)66-76-69(72)62-60-58-56-54-52-50-48-46-44-42-40-38-31-29-27-25-23-21-19-17-15-13-11-9-7-2/h8,10,14,16,20,22,26,28,32-33,35-36,39,41,45,47,51,53,68H,6-7,9,11-13,15,17-19,21,23-25,27,29-31,34,37-38,40,42-44,46,48-50,52,54-67H2,1-5H3/b10-8-,16-14-,22-20-,28-26-,33-32-,36-35-,41-39-,47-45-,53-51-. The number of unbranched alkanes of at least 4 members (excludes halogenated alkanes) is 27. The number of nitrogens with zero attached hydrogens (tertiary/aromatic N) is 1. The van der Waals surface area contributed by atoms with Crippen molar-refractivity contribution in [1.29, 1.82) is 0 Å². The molecule has 0 amide bonds. The maximum atomic E-state index is 12.8. The monoisotopic (exact) mass is 1140 g/mol. The number of hydrogen-bond acceptors (Lipinski definition) is 8. The number of hydrogen-bond donors (Lipinski definition) is 0. The average Bonchev–Trinajstić information content (AvgIpc) is 3.42. The van der Waals surface area contributed by atoms with E-state index in [-0.39, 0.29) is 26.1 Å². The summed E-state index contributed by atoms with van der Waals surface area (Å²) < 4.78 is 34.2. The van der Waals surface area contributed by atoms with Gasteiger partial charge in [0.2, 0.25) is 0 Å². The van der Waals surface area contributed by atoms with E-state index >= 15 is 0 Å². The van der Waals surface area contributed by atoms with Crippen molar-refractivity contribution in [2.24, 2.45) is 0 Å². The number of esters is 2. The van der Waals surface area contributed by atoms with Gasteiger partial charge in [-0.1, -0.05) is 284 Å². The molecule has 0 saturated carbocycles. The third-order valence-electron chi connectivity index (χ3n) is 13.8. The molecule has 9 nitrogen and oxygen atoms in total. The Morgan fingerprint density at radius 3 is 1.06 bits per heavy atom. The van der Waals surface area contributed by atoms with E-state index in [2.05, 4.69) is 123 Å². The quantitative estimate of drug-likeness (QED) is 0.0195. The van der Waals surface area contributed by atoms with Crippen LogP contribution in [-0.2, 0) is 32.7 Å².